The molecule has 1 aliphatic rings. The first-order valence-electron chi connectivity index (χ1n) is 10.2. The van der Waals surface area contributed by atoms with E-state index in [1.54, 1.807) is 11.3 Å². The van der Waals surface area contributed by atoms with Crippen LogP contribution in [0.2, 0.25) is 0 Å². The van der Waals surface area contributed by atoms with Gasteiger partial charge in [0.25, 0.3) is 0 Å². The summed E-state index contributed by atoms with van der Waals surface area (Å²) in [4.78, 5) is 13.5. The molecule has 1 aromatic carbocycles. The molecule has 0 spiro atoms. The number of benzene rings is 1. The van der Waals surface area contributed by atoms with E-state index in [1.807, 2.05) is 21.0 Å². The second-order valence-electron chi connectivity index (χ2n) is 7.88. The van der Waals surface area contributed by atoms with Crippen molar-refractivity contribution < 1.29 is 4.74 Å². The van der Waals surface area contributed by atoms with Gasteiger partial charge in [0.05, 0.1) is 29.5 Å². The highest BCUT2D eigenvalue weighted by molar-refractivity contribution is 7.09. The van der Waals surface area contributed by atoms with E-state index in [2.05, 4.69) is 68.6 Å². The van der Waals surface area contributed by atoms with Gasteiger partial charge in [0.15, 0.2) is 5.96 Å². The van der Waals surface area contributed by atoms with Crippen molar-refractivity contribution in [2.45, 2.75) is 52.6 Å². The number of hydrogen-bond donors (Lipinski definition) is 1. The van der Waals surface area contributed by atoms with Crippen molar-refractivity contribution in [1.82, 2.24) is 20.1 Å². The first-order valence-corrected chi connectivity index (χ1v) is 11.1. The number of aromatic nitrogens is 1. The number of aliphatic imine (C=N–C) groups is 1. The van der Waals surface area contributed by atoms with Crippen LogP contribution in [0.15, 0.2) is 34.6 Å². The number of guanidine groups is 1. The summed E-state index contributed by atoms with van der Waals surface area (Å²) in [5.74, 6) is 0.871. The zero-order chi connectivity index (χ0) is 20.8. The fraction of sp³-hybridized carbons (Fsp3) is 0.545. The van der Waals surface area contributed by atoms with Gasteiger partial charge in [-0.3, -0.25) is 9.89 Å². The van der Waals surface area contributed by atoms with Crippen molar-refractivity contribution in [3.05, 3.63) is 51.5 Å². The highest BCUT2D eigenvalue weighted by Gasteiger charge is 2.21. The predicted octanol–water partition coefficient (Wildman–Crippen LogP) is 3.27. The number of nitrogens with one attached hydrogen (secondary N) is 1. The Kier molecular flexibility index (Phi) is 7.64. The van der Waals surface area contributed by atoms with Gasteiger partial charge in [0, 0.05) is 45.7 Å². The van der Waals surface area contributed by atoms with Crippen LogP contribution in [0, 0.1) is 6.92 Å². The molecule has 1 aromatic heterocycles. The van der Waals surface area contributed by atoms with Gasteiger partial charge in [-0.05, 0) is 31.9 Å². The van der Waals surface area contributed by atoms with Crippen LogP contribution in [0.4, 0.5) is 0 Å². The molecule has 6 nitrogen and oxygen atoms in total. The minimum Gasteiger partial charge on any atom is -0.373 e. The normalized spacial score (nSPS) is 20.7. The maximum absolute atomic E-state index is 5.83. The Morgan fingerprint density at radius 1 is 1.24 bits per heavy atom. The van der Waals surface area contributed by atoms with Crippen LogP contribution in [-0.2, 0) is 24.4 Å². The monoisotopic (exact) mass is 415 g/mol. The molecule has 3 rings (SSSR count). The maximum Gasteiger partial charge on any atom is 0.194 e. The van der Waals surface area contributed by atoms with Crippen molar-refractivity contribution in [3.63, 3.8) is 0 Å². The average Bonchev–Trinajstić information content (AvgIpc) is 3.07. The smallest absolute Gasteiger partial charge is 0.194 e. The summed E-state index contributed by atoms with van der Waals surface area (Å²) in [6, 6.07) is 8.86. The van der Waals surface area contributed by atoms with E-state index >= 15 is 0 Å². The van der Waals surface area contributed by atoms with Crippen molar-refractivity contribution in [2.75, 3.05) is 27.2 Å². The number of nitrogens with zero attached hydrogens (tertiary/aromatic N) is 4. The Labute approximate surface area is 178 Å². The number of ether oxygens (including phenoxy) is 1. The lowest BCUT2D eigenvalue weighted by atomic mass is 10.1. The van der Waals surface area contributed by atoms with Crippen molar-refractivity contribution in [2.24, 2.45) is 4.99 Å². The lowest BCUT2D eigenvalue weighted by Gasteiger charge is -2.35. The van der Waals surface area contributed by atoms with Gasteiger partial charge in [-0.2, -0.15) is 0 Å². The van der Waals surface area contributed by atoms with Gasteiger partial charge in [-0.15, -0.1) is 11.3 Å². The Morgan fingerprint density at radius 2 is 1.90 bits per heavy atom. The molecule has 1 saturated heterocycles. The summed E-state index contributed by atoms with van der Waals surface area (Å²) in [6.45, 7) is 10.8. The van der Waals surface area contributed by atoms with Crippen LogP contribution >= 0.6 is 11.3 Å². The fourth-order valence-electron chi connectivity index (χ4n) is 3.80. The summed E-state index contributed by atoms with van der Waals surface area (Å²) < 4.78 is 5.83. The fourth-order valence-corrected chi connectivity index (χ4v) is 4.40. The van der Waals surface area contributed by atoms with Crippen LogP contribution in [0.5, 0.6) is 0 Å². The van der Waals surface area contributed by atoms with Crippen molar-refractivity contribution >= 4 is 17.3 Å². The van der Waals surface area contributed by atoms with E-state index in [1.165, 1.54) is 11.1 Å². The van der Waals surface area contributed by atoms with Crippen LogP contribution in [0.3, 0.4) is 0 Å². The quantitative estimate of drug-likeness (QED) is 0.580. The van der Waals surface area contributed by atoms with Gasteiger partial charge < -0.3 is 15.0 Å². The molecule has 0 saturated carbocycles. The maximum atomic E-state index is 5.83. The third kappa shape index (κ3) is 6.52. The Balaban J connectivity index is 1.49. The summed E-state index contributed by atoms with van der Waals surface area (Å²) in [5, 5.41) is 6.65. The zero-order valence-corrected chi connectivity index (χ0v) is 19.0. The molecule has 2 heterocycles. The second-order valence-corrected chi connectivity index (χ2v) is 8.94. The van der Waals surface area contributed by atoms with Gasteiger partial charge in [0.2, 0.25) is 0 Å². The summed E-state index contributed by atoms with van der Waals surface area (Å²) in [6.07, 6.45) is 0.610. The molecule has 1 aliphatic heterocycles. The molecule has 2 atom stereocenters. The first-order chi connectivity index (χ1) is 13.9. The van der Waals surface area contributed by atoms with Crippen molar-refractivity contribution in [3.8, 4) is 0 Å². The molecule has 0 aliphatic carbocycles. The predicted molar refractivity (Wildman–Crippen MR) is 120 cm³/mol. The minimum absolute atomic E-state index is 0.305. The molecule has 158 valence electrons. The Bertz CT molecular complexity index is 794. The molecule has 7 heteroatoms. The topological polar surface area (TPSA) is 53.0 Å². The van der Waals surface area contributed by atoms with E-state index in [9.17, 15) is 0 Å². The Hall–Kier alpha value is -1.96. The van der Waals surface area contributed by atoms with Crippen LogP contribution < -0.4 is 5.32 Å². The molecule has 2 unspecified atom stereocenters. The number of hydrogen-bond acceptors (Lipinski definition) is 5. The molecule has 1 N–H and O–H groups in total. The zero-order valence-electron chi connectivity index (χ0n) is 18.2. The number of rotatable bonds is 6. The van der Waals surface area contributed by atoms with Crippen LogP contribution in [0.25, 0.3) is 0 Å². The second kappa shape index (κ2) is 10.2. The molecule has 29 heavy (non-hydrogen) atoms. The lowest BCUT2D eigenvalue weighted by Crippen LogP contribution is -2.44. The van der Waals surface area contributed by atoms with E-state index in [4.69, 9.17) is 4.74 Å². The van der Waals surface area contributed by atoms with Gasteiger partial charge in [0.1, 0.15) is 0 Å². The largest absolute Gasteiger partial charge is 0.373 e. The van der Waals surface area contributed by atoms with E-state index in [0.717, 1.165) is 49.4 Å². The number of thiazole rings is 1. The highest BCUT2D eigenvalue weighted by atomic mass is 32.1. The molecule has 1 fully saturated rings. The lowest BCUT2D eigenvalue weighted by molar-refractivity contribution is -0.0704. The van der Waals surface area contributed by atoms with Crippen molar-refractivity contribution in [1.29, 1.82) is 0 Å². The van der Waals surface area contributed by atoms with E-state index in [0.29, 0.717) is 12.2 Å². The SMILES string of the molecule is CN=C(NCc1ccc(CN2CC(C)OC(C)C2)cc1)N(C)Cc1csc(C)n1. The van der Waals surface area contributed by atoms with Crippen LogP contribution in [-0.4, -0.2) is 60.1 Å². The molecule has 0 bridgehead atoms. The highest BCUT2D eigenvalue weighted by Crippen LogP contribution is 2.15. The van der Waals surface area contributed by atoms with E-state index in [-0.39, 0.29) is 0 Å². The summed E-state index contributed by atoms with van der Waals surface area (Å²) in [7, 11) is 3.86. The van der Waals surface area contributed by atoms with Gasteiger partial charge in [-0.1, -0.05) is 24.3 Å². The Morgan fingerprint density at radius 3 is 2.48 bits per heavy atom. The minimum atomic E-state index is 0.305. The number of morpholine rings is 1. The van der Waals surface area contributed by atoms with Gasteiger partial charge in [-0.25, -0.2) is 4.98 Å². The average molecular weight is 416 g/mol. The molecular formula is C22H33N5OS. The molecular weight excluding hydrogens is 382 g/mol. The third-order valence-corrected chi connectivity index (χ3v) is 5.84. The van der Waals surface area contributed by atoms with Gasteiger partial charge >= 0.3 is 0 Å². The molecule has 0 amide bonds. The standard InChI is InChI=1S/C22H33N5OS/c1-16-11-27(12-17(2)28-16)13-20-8-6-19(7-9-20)10-24-22(23-4)26(5)14-21-15-29-18(3)25-21/h6-9,15-17H,10-14H2,1-5H3,(H,23,24). The number of aryl methyl sites for hydroxylation is 1. The van der Waals surface area contributed by atoms with E-state index < -0.39 is 0 Å². The summed E-state index contributed by atoms with van der Waals surface area (Å²) >= 11 is 1.68. The first kappa shape index (κ1) is 21.7. The third-order valence-electron chi connectivity index (χ3n) is 5.01. The molecule has 2 aromatic rings. The molecule has 0 radical (unpaired) electrons. The summed E-state index contributed by atoms with van der Waals surface area (Å²) in [5.41, 5.74) is 3.67. The van der Waals surface area contributed by atoms with Crippen LogP contribution in [0.1, 0.15) is 35.7 Å².